The Hall–Kier alpha value is -3.15. The summed E-state index contributed by atoms with van der Waals surface area (Å²) in [6.45, 7) is 1.57. The van der Waals surface area contributed by atoms with Crippen molar-refractivity contribution in [1.82, 2.24) is 9.80 Å². The van der Waals surface area contributed by atoms with Crippen molar-refractivity contribution in [3.8, 4) is 5.75 Å². The van der Waals surface area contributed by atoms with Gasteiger partial charge in [-0.15, -0.1) is 0 Å². The number of aliphatic hydroxyl groups excluding tert-OH is 2. The van der Waals surface area contributed by atoms with Crippen molar-refractivity contribution < 1.29 is 30.0 Å². The first kappa shape index (κ1) is 32.3. The van der Waals surface area contributed by atoms with Crippen LogP contribution in [0.15, 0.2) is 23.0 Å². The van der Waals surface area contributed by atoms with Gasteiger partial charge in [0.15, 0.2) is 0 Å². The third kappa shape index (κ3) is 5.16. The Labute approximate surface area is 260 Å². The zero-order valence-corrected chi connectivity index (χ0v) is 26.6. The van der Waals surface area contributed by atoms with E-state index in [2.05, 4.69) is 11.9 Å². The molecule has 4 atom stereocenters. The monoisotopic (exact) mass is 605 g/mol. The SMILES string of the molecule is [B]=C1C(C(N)=O)=C(O)[C@@H](N(C)C)[C@@H]2C[C@@H]3Cc4c(c(O)cc(CN(C)CC5CCCCCC5)c4N(C)C)C(O)=C3C(=O)[C@]12O. The van der Waals surface area contributed by atoms with Crippen LogP contribution in [0.2, 0.25) is 0 Å². The van der Waals surface area contributed by atoms with E-state index in [1.165, 1.54) is 38.5 Å². The first-order valence-electron chi connectivity index (χ1n) is 15.7. The first-order valence-corrected chi connectivity index (χ1v) is 15.7. The molecule has 4 aliphatic carbocycles. The molecular formula is C33H46BN4O6. The molecule has 2 saturated carbocycles. The van der Waals surface area contributed by atoms with Crippen LogP contribution in [-0.4, -0.2) is 108 Å². The van der Waals surface area contributed by atoms with Gasteiger partial charge in [-0.3, -0.25) is 0 Å². The molecule has 1 radical (unpaired) electrons. The zero-order valence-electron chi connectivity index (χ0n) is 26.6. The summed E-state index contributed by atoms with van der Waals surface area (Å²) < 4.78 is 0. The zero-order chi connectivity index (χ0) is 32.2. The number of nitrogens with two attached hydrogens (primary N) is 1. The third-order valence-corrected chi connectivity index (χ3v) is 10.3. The van der Waals surface area contributed by atoms with Crippen molar-refractivity contribution in [2.24, 2.45) is 23.5 Å². The van der Waals surface area contributed by atoms with Crippen molar-refractivity contribution in [2.75, 3.05) is 46.7 Å². The molecule has 0 heterocycles. The number of carbonyl (C=O) groups excluding carboxylic acids is 2. The quantitative estimate of drug-likeness (QED) is 0.233. The Morgan fingerprint density at radius 1 is 1.07 bits per heavy atom. The summed E-state index contributed by atoms with van der Waals surface area (Å²) in [5.74, 6) is -3.65. The van der Waals surface area contributed by atoms with Crippen molar-refractivity contribution >= 4 is 36.1 Å². The number of anilines is 1. The molecule has 0 aromatic heterocycles. The van der Waals surface area contributed by atoms with Gasteiger partial charge in [0.25, 0.3) is 0 Å². The van der Waals surface area contributed by atoms with Gasteiger partial charge in [0.2, 0.25) is 0 Å². The minimum absolute atomic E-state index is 0.0415. The molecule has 10 nitrogen and oxygen atoms in total. The number of ketones is 1. The van der Waals surface area contributed by atoms with E-state index in [0.29, 0.717) is 18.9 Å². The Balaban J connectivity index is 1.57. The van der Waals surface area contributed by atoms with Crippen molar-refractivity contribution in [3.05, 3.63) is 39.7 Å². The molecule has 237 valence electrons. The summed E-state index contributed by atoms with van der Waals surface area (Å²) in [6.07, 6.45) is 8.09. The Morgan fingerprint density at radius 3 is 2.27 bits per heavy atom. The molecule has 6 N–H and O–H groups in total. The number of likely N-dealkylation sites (N-methyl/N-ethyl adjacent to an activating group) is 1. The predicted octanol–water partition coefficient (Wildman–Crippen LogP) is 2.20. The van der Waals surface area contributed by atoms with Gasteiger partial charge in [0, 0.05) is 0 Å². The molecule has 0 bridgehead atoms. The van der Waals surface area contributed by atoms with Crippen molar-refractivity contribution in [2.45, 2.75) is 69.6 Å². The molecule has 1 aromatic rings. The van der Waals surface area contributed by atoms with Crippen LogP contribution in [0.4, 0.5) is 5.69 Å². The number of primary amides is 1. The van der Waals surface area contributed by atoms with E-state index in [-0.39, 0.29) is 29.1 Å². The van der Waals surface area contributed by atoms with Crippen LogP contribution < -0.4 is 10.6 Å². The minimum atomic E-state index is -2.39. The number of phenolic OH excluding ortho intramolecular Hbond substituents is 1. The number of hydrogen-bond acceptors (Lipinski definition) is 9. The summed E-state index contributed by atoms with van der Waals surface area (Å²) in [5, 5.41) is 46.1. The average Bonchev–Trinajstić information content (AvgIpc) is 3.18. The molecule has 0 spiro atoms. The Morgan fingerprint density at radius 2 is 1.70 bits per heavy atom. The number of carbonyl (C=O) groups is 2. The normalized spacial score (nSPS) is 27.8. The molecule has 0 saturated heterocycles. The predicted molar refractivity (Wildman–Crippen MR) is 172 cm³/mol. The molecule has 1 aromatic carbocycles. The second-order valence-corrected chi connectivity index (χ2v) is 13.8. The number of Topliss-reactive ketones (excluding diaryl/α,β-unsaturated/α-hetero) is 1. The maximum atomic E-state index is 14.2. The number of fused-ring (bicyclic) bond motifs is 3. The van der Waals surface area contributed by atoms with E-state index in [1.807, 2.05) is 19.0 Å². The summed E-state index contributed by atoms with van der Waals surface area (Å²) >= 11 is 0. The van der Waals surface area contributed by atoms with E-state index in [4.69, 9.17) is 13.2 Å². The van der Waals surface area contributed by atoms with Gasteiger partial charge >= 0.3 is 217 Å². The Kier molecular flexibility index (Phi) is 8.79. The van der Waals surface area contributed by atoms with Gasteiger partial charge in [0.1, 0.15) is 0 Å². The molecule has 0 unspecified atom stereocenters. The van der Waals surface area contributed by atoms with E-state index < -0.39 is 52.0 Å². The second kappa shape index (κ2) is 12.0. The van der Waals surface area contributed by atoms with Crippen LogP contribution in [0.3, 0.4) is 0 Å². The molecule has 2 fully saturated rings. The van der Waals surface area contributed by atoms with Crippen LogP contribution >= 0.6 is 0 Å². The standard InChI is InChI=1S/C33H46BN4O6/c1-36(2)26-19(16-38(5)15-17-10-8-6-7-9-11-17)14-22(39)24-20(26)12-18-13-21-27(37(3)4)29(41)25(32(35)43)30(34)33(21,44)31(42)23(18)28(24)40/h14,17-18,21,27,39-41,44H,6-13,15-16H2,1-5H3,(H2,35,43)/t18-,21-,27-,33+/m0/s1. The van der Waals surface area contributed by atoms with Crippen LogP contribution in [0.25, 0.3) is 5.76 Å². The average molecular weight is 606 g/mol. The van der Waals surface area contributed by atoms with Gasteiger partial charge in [-0.1, -0.05) is 25.7 Å². The Bertz CT molecular complexity index is 1440. The van der Waals surface area contributed by atoms with Crippen LogP contribution in [0.1, 0.15) is 61.6 Å². The fourth-order valence-corrected chi connectivity index (χ4v) is 8.49. The molecule has 5 rings (SSSR count). The number of rotatable bonds is 7. The summed E-state index contributed by atoms with van der Waals surface area (Å²) in [5.41, 5.74) is 4.78. The van der Waals surface area contributed by atoms with Gasteiger partial charge in [-0.05, 0) is 18.8 Å². The fraction of sp³-hybridized carbons (Fsp3) is 0.606. The third-order valence-electron chi connectivity index (χ3n) is 10.3. The maximum absolute atomic E-state index is 14.2. The van der Waals surface area contributed by atoms with Crippen LogP contribution in [0.5, 0.6) is 5.75 Å². The van der Waals surface area contributed by atoms with Crippen LogP contribution in [-0.2, 0) is 22.6 Å². The molecule has 11 heteroatoms. The molecule has 44 heavy (non-hydrogen) atoms. The molecule has 1 amide bonds. The number of amides is 1. The summed E-state index contributed by atoms with van der Waals surface area (Å²) in [7, 11) is 15.5. The van der Waals surface area contributed by atoms with E-state index in [9.17, 15) is 30.0 Å². The number of phenols is 1. The van der Waals surface area contributed by atoms with Crippen LogP contribution in [0, 0.1) is 17.8 Å². The van der Waals surface area contributed by atoms with Gasteiger partial charge in [0.05, 0.1) is 0 Å². The first-order chi connectivity index (χ1) is 20.7. The second-order valence-electron chi connectivity index (χ2n) is 13.8. The fourth-order valence-electron chi connectivity index (χ4n) is 8.49. The van der Waals surface area contributed by atoms with Gasteiger partial charge in [-0.2, -0.15) is 0 Å². The number of hydrogen-bond donors (Lipinski definition) is 5. The van der Waals surface area contributed by atoms with Gasteiger partial charge < -0.3 is 0 Å². The number of aliphatic hydroxyl groups is 3. The number of aromatic hydroxyl groups is 1. The topological polar surface area (TPSA) is 151 Å². The van der Waals surface area contributed by atoms with E-state index in [1.54, 1.807) is 25.1 Å². The van der Waals surface area contributed by atoms with E-state index in [0.717, 1.165) is 23.4 Å². The van der Waals surface area contributed by atoms with E-state index >= 15 is 0 Å². The van der Waals surface area contributed by atoms with Crippen molar-refractivity contribution in [1.29, 1.82) is 0 Å². The molecule has 0 aliphatic heterocycles. The number of nitrogens with zero attached hydrogens (tertiary/aromatic N) is 3. The van der Waals surface area contributed by atoms with Gasteiger partial charge in [-0.25, -0.2) is 0 Å². The summed E-state index contributed by atoms with van der Waals surface area (Å²) in [4.78, 5) is 32.4. The summed E-state index contributed by atoms with van der Waals surface area (Å²) in [6, 6.07) is 0.740. The number of benzene rings is 1. The van der Waals surface area contributed by atoms with Crippen molar-refractivity contribution in [3.63, 3.8) is 0 Å². The molecular weight excluding hydrogens is 559 g/mol. The molecule has 4 aliphatic rings.